The van der Waals surface area contributed by atoms with Crippen molar-refractivity contribution in [2.24, 2.45) is 0 Å². The van der Waals surface area contributed by atoms with Crippen molar-refractivity contribution in [3.05, 3.63) is 23.9 Å². The monoisotopic (exact) mass is 194 g/mol. The van der Waals surface area contributed by atoms with Crippen LogP contribution >= 0.6 is 0 Å². The molecule has 1 rings (SSSR count). The first kappa shape index (κ1) is 10.5. The highest BCUT2D eigenvalue weighted by molar-refractivity contribution is 5.90. The highest BCUT2D eigenvalue weighted by atomic mass is 16.6. The van der Waals surface area contributed by atoms with E-state index in [1.54, 1.807) is 6.07 Å². The molecule has 76 valence electrons. The third kappa shape index (κ3) is 3.05. The van der Waals surface area contributed by atoms with Gasteiger partial charge >= 0.3 is 5.97 Å². The summed E-state index contributed by atoms with van der Waals surface area (Å²) in [7, 11) is 0. The SMILES string of the molecule is CC(C)(C)OC(=O)c1ccnc(N)c1. The van der Waals surface area contributed by atoms with Crippen molar-refractivity contribution >= 4 is 11.8 Å². The van der Waals surface area contributed by atoms with Gasteiger partial charge < -0.3 is 10.5 Å². The highest BCUT2D eigenvalue weighted by Gasteiger charge is 2.17. The Hall–Kier alpha value is -1.58. The van der Waals surface area contributed by atoms with Gasteiger partial charge in [-0.05, 0) is 32.9 Å². The summed E-state index contributed by atoms with van der Waals surface area (Å²) in [5.41, 5.74) is 5.37. The Morgan fingerprint density at radius 2 is 2.14 bits per heavy atom. The van der Waals surface area contributed by atoms with Gasteiger partial charge in [0.2, 0.25) is 0 Å². The molecule has 0 saturated carbocycles. The molecule has 2 N–H and O–H groups in total. The molecular weight excluding hydrogens is 180 g/mol. The van der Waals surface area contributed by atoms with Gasteiger partial charge in [0.05, 0.1) is 5.56 Å². The van der Waals surface area contributed by atoms with E-state index in [4.69, 9.17) is 10.5 Å². The van der Waals surface area contributed by atoms with Crippen LogP contribution in [0.2, 0.25) is 0 Å². The van der Waals surface area contributed by atoms with Gasteiger partial charge in [0, 0.05) is 6.20 Å². The molecular formula is C10H14N2O2. The van der Waals surface area contributed by atoms with Gasteiger partial charge in [-0.2, -0.15) is 0 Å². The van der Waals surface area contributed by atoms with E-state index in [1.807, 2.05) is 20.8 Å². The molecule has 0 aliphatic carbocycles. The van der Waals surface area contributed by atoms with E-state index < -0.39 is 5.60 Å². The van der Waals surface area contributed by atoms with E-state index in [0.29, 0.717) is 11.4 Å². The summed E-state index contributed by atoms with van der Waals surface area (Å²) >= 11 is 0. The molecule has 0 bridgehead atoms. The molecule has 0 amide bonds. The van der Waals surface area contributed by atoms with Crippen LogP contribution in [0.5, 0.6) is 0 Å². The third-order valence-corrected chi connectivity index (χ3v) is 1.42. The molecule has 0 aliphatic rings. The number of carbonyl (C=O) groups excluding carboxylic acids is 1. The summed E-state index contributed by atoms with van der Waals surface area (Å²) in [4.78, 5) is 15.3. The fourth-order valence-electron chi connectivity index (χ4n) is 0.912. The normalized spacial score (nSPS) is 11.1. The number of nitrogens with two attached hydrogens (primary N) is 1. The number of pyridine rings is 1. The molecule has 0 unspecified atom stereocenters. The summed E-state index contributed by atoms with van der Waals surface area (Å²) in [5.74, 6) is -0.0695. The van der Waals surface area contributed by atoms with Crippen LogP contribution in [0.1, 0.15) is 31.1 Å². The summed E-state index contributed by atoms with van der Waals surface area (Å²) in [6, 6.07) is 3.07. The molecule has 0 aliphatic heterocycles. The molecule has 1 aromatic heterocycles. The summed E-state index contributed by atoms with van der Waals surface area (Å²) in [5, 5.41) is 0. The van der Waals surface area contributed by atoms with Gasteiger partial charge in [0.15, 0.2) is 0 Å². The first-order chi connectivity index (χ1) is 6.38. The van der Waals surface area contributed by atoms with E-state index in [-0.39, 0.29) is 5.97 Å². The molecule has 0 fully saturated rings. The molecule has 0 spiro atoms. The smallest absolute Gasteiger partial charge is 0.338 e. The number of carbonyl (C=O) groups is 1. The lowest BCUT2D eigenvalue weighted by atomic mass is 10.2. The van der Waals surface area contributed by atoms with Gasteiger partial charge in [0.1, 0.15) is 11.4 Å². The second-order valence-corrected chi connectivity index (χ2v) is 3.97. The minimum absolute atomic E-state index is 0.313. The molecule has 0 atom stereocenters. The standard InChI is InChI=1S/C10H14N2O2/c1-10(2,3)14-9(13)7-4-5-12-8(11)6-7/h4-6H,1-3H3,(H2,11,12). The van der Waals surface area contributed by atoms with Gasteiger partial charge in [0.25, 0.3) is 0 Å². The Balaban J connectivity index is 2.80. The Kier molecular flexibility index (Phi) is 2.74. The predicted octanol–water partition coefficient (Wildman–Crippen LogP) is 1.62. The molecule has 1 heterocycles. The average Bonchev–Trinajstić information content (AvgIpc) is 2.01. The minimum atomic E-state index is -0.491. The van der Waals surface area contributed by atoms with Crippen LogP contribution in [0, 0.1) is 0 Å². The fraction of sp³-hybridized carbons (Fsp3) is 0.400. The lowest BCUT2D eigenvalue weighted by Gasteiger charge is -2.19. The van der Waals surface area contributed by atoms with Crippen molar-refractivity contribution in [2.45, 2.75) is 26.4 Å². The Morgan fingerprint density at radius 1 is 1.50 bits per heavy atom. The number of rotatable bonds is 1. The first-order valence-corrected chi connectivity index (χ1v) is 4.33. The molecule has 4 heteroatoms. The predicted molar refractivity (Wildman–Crippen MR) is 53.8 cm³/mol. The second kappa shape index (κ2) is 3.65. The maximum absolute atomic E-state index is 11.5. The van der Waals surface area contributed by atoms with Crippen LogP contribution in [-0.2, 0) is 4.74 Å². The van der Waals surface area contributed by atoms with Crippen LogP contribution in [0.15, 0.2) is 18.3 Å². The molecule has 0 aromatic carbocycles. The molecule has 4 nitrogen and oxygen atoms in total. The van der Waals surface area contributed by atoms with Crippen molar-refractivity contribution in [1.29, 1.82) is 0 Å². The molecule has 1 aromatic rings. The number of nitrogens with zero attached hydrogens (tertiary/aromatic N) is 1. The van der Waals surface area contributed by atoms with Crippen molar-refractivity contribution in [3.8, 4) is 0 Å². The first-order valence-electron chi connectivity index (χ1n) is 4.33. The quantitative estimate of drug-likeness (QED) is 0.690. The number of anilines is 1. The number of aromatic nitrogens is 1. The third-order valence-electron chi connectivity index (χ3n) is 1.42. The van der Waals surface area contributed by atoms with Crippen LogP contribution in [0.25, 0.3) is 0 Å². The van der Waals surface area contributed by atoms with E-state index in [0.717, 1.165) is 0 Å². The van der Waals surface area contributed by atoms with Crippen molar-refractivity contribution in [2.75, 3.05) is 5.73 Å². The van der Waals surface area contributed by atoms with Crippen molar-refractivity contribution < 1.29 is 9.53 Å². The average molecular weight is 194 g/mol. The fourth-order valence-corrected chi connectivity index (χ4v) is 0.912. The van der Waals surface area contributed by atoms with E-state index in [2.05, 4.69) is 4.98 Å². The molecule has 0 radical (unpaired) electrons. The van der Waals surface area contributed by atoms with Crippen molar-refractivity contribution in [3.63, 3.8) is 0 Å². The van der Waals surface area contributed by atoms with E-state index >= 15 is 0 Å². The highest BCUT2D eigenvalue weighted by Crippen LogP contribution is 2.12. The largest absolute Gasteiger partial charge is 0.456 e. The lowest BCUT2D eigenvalue weighted by molar-refractivity contribution is 0.00695. The number of nitrogen functional groups attached to an aromatic ring is 1. The zero-order valence-electron chi connectivity index (χ0n) is 8.57. The zero-order chi connectivity index (χ0) is 10.8. The number of hydrogen-bond donors (Lipinski definition) is 1. The Morgan fingerprint density at radius 3 is 2.64 bits per heavy atom. The summed E-state index contributed by atoms with van der Waals surface area (Å²) in [6.07, 6.45) is 1.48. The van der Waals surface area contributed by atoms with Crippen LogP contribution in [-0.4, -0.2) is 16.6 Å². The van der Waals surface area contributed by atoms with E-state index in [9.17, 15) is 4.79 Å². The number of hydrogen-bond acceptors (Lipinski definition) is 4. The van der Waals surface area contributed by atoms with E-state index in [1.165, 1.54) is 12.3 Å². The second-order valence-electron chi connectivity index (χ2n) is 3.97. The topological polar surface area (TPSA) is 65.2 Å². The van der Waals surface area contributed by atoms with Gasteiger partial charge in [-0.25, -0.2) is 9.78 Å². The minimum Gasteiger partial charge on any atom is -0.456 e. The lowest BCUT2D eigenvalue weighted by Crippen LogP contribution is -2.23. The van der Waals surface area contributed by atoms with Gasteiger partial charge in [-0.15, -0.1) is 0 Å². The maximum Gasteiger partial charge on any atom is 0.338 e. The Labute approximate surface area is 83.1 Å². The van der Waals surface area contributed by atoms with Crippen LogP contribution in [0.3, 0.4) is 0 Å². The number of esters is 1. The number of ether oxygens (including phenoxy) is 1. The van der Waals surface area contributed by atoms with Gasteiger partial charge in [-0.1, -0.05) is 0 Å². The summed E-state index contributed by atoms with van der Waals surface area (Å²) < 4.78 is 5.16. The van der Waals surface area contributed by atoms with Crippen LogP contribution < -0.4 is 5.73 Å². The Bertz CT molecular complexity index is 342. The molecule has 14 heavy (non-hydrogen) atoms. The zero-order valence-corrected chi connectivity index (χ0v) is 8.57. The maximum atomic E-state index is 11.5. The van der Waals surface area contributed by atoms with Crippen LogP contribution in [0.4, 0.5) is 5.82 Å². The molecule has 0 saturated heterocycles. The van der Waals surface area contributed by atoms with Crippen molar-refractivity contribution in [1.82, 2.24) is 4.98 Å². The van der Waals surface area contributed by atoms with Gasteiger partial charge in [-0.3, -0.25) is 0 Å². The summed E-state index contributed by atoms with van der Waals surface area (Å²) in [6.45, 7) is 5.44.